The van der Waals surface area contributed by atoms with E-state index in [0.29, 0.717) is 17.8 Å². The quantitative estimate of drug-likeness (QED) is 0.615. The summed E-state index contributed by atoms with van der Waals surface area (Å²) in [6, 6.07) is 13.4. The molecular weight excluding hydrogens is 424 g/mol. The van der Waals surface area contributed by atoms with Crippen LogP contribution >= 0.6 is 0 Å². The molecule has 0 fully saturated rings. The predicted octanol–water partition coefficient (Wildman–Crippen LogP) is 4.67. The van der Waals surface area contributed by atoms with Crippen LogP contribution in [0.3, 0.4) is 0 Å². The fourth-order valence-corrected chi connectivity index (χ4v) is 4.89. The smallest absolute Gasteiger partial charge is 0.308 e. The van der Waals surface area contributed by atoms with Gasteiger partial charge in [-0.2, -0.15) is 0 Å². The van der Waals surface area contributed by atoms with Crippen molar-refractivity contribution in [2.24, 2.45) is 0 Å². The average molecular weight is 443 g/mol. The molecular formula is C22H19F2N3O3S. The van der Waals surface area contributed by atoms with Gasteiger partial charge >= 0.3 is 6.03 Å². The molecule has 0 aliphatic carbocycles. The Balaban J connectivity index is 1.56. The number of halogens is 2. The van der Waals surface area contributed by atoms with Crippen LogP contribution in [-0.2, 0) is 16.4 Å². The van der Waals surface area contributed by atoms with E-state index in [1.807, 2.05) is 6.92 Å². The number of hydrogen-bond acceptors (Lipinski definition) is 3. The number of sulfonamides is 1. The molecule has 3 aromatic rings. The number of urea groups is 1. The van der Waals surface area contributed by atoms with Crippen LogP contribution in [0.25, 0.3) is 0 Å². The van der Waals surface area contributed by atoms with Crippen LogP contribution in [0.2, 0.25) is 0 Å². The van der Waals surface area contributed by atoms with Crippen LogP contribution in [0, 0.1) is 18.6 Å². The molecule has 0 saturated heterocycles. The summed E-state index contributed by atoms with van der Waals surface area (Å²) in [6.07, 6.45) is 0.543. The highest BCUT2D eigenvalue weighted by Gasteiger charge is 2.31. The fourth-order valence-electron chi connectivity index (χ4n) is 3.39. The highest BCUT2D eigenvalue weighted by Crippen LogP contribution is 2.35. The lowest BCUT2D eigenvalue weighted by atomic mass is 10.1. The Morgan fingerprint density at radius 3 is 2.45 bits per heavy atom. The zero-order valence-electron chi connectivity index (χ0n) is 16.5. The maximum absolute atomic E-state index is 13.7. The first-order valence-corrected chi connectivity index (χ1v) is 10.9. The molecule has 3 aromatic carbocycles. The number of nitrogens with zero attached hydrogens (tertiary/aromatic N) is 1. The van der Waals surface area contributed by atoms with Crippen molar-refractivity contribution < 1.29 is 22.0 Å². The van der Waals surface area contributed by atoms with Gasteiger partial charge in [0.1, 0.15) is 11.6 Å². The van der Waals surface area contributed by atoms with Crippen LogP contribution in [0.5, 0.6) is 0 Å². The SMILES string of the molecule is Cc1ccc(S(=O)(=O)N2CCc3ccc(NC(=O)Nc4cc(F)ccc4F)cc32)cc1. The van der Waals surface area contributed by atoms with Crippen molar-refractivity contribution >= 4 is 33.1 Å². The number of carbonyl (C=O) groups is 1. The molecule has 4 rings (SSSR count). The Bertz CT molecular complexity index is 1260. The highest BCUT2D eigenvalue weighted by atomic mass is 32.2. The van der Waals surface area contributed by atoms with Crippen molar-refractivity contribution in [3.8, 4) is 0 Å². The van der Waals surface area contributed by atoms with Gasteiger partial charge in [0.25, 0.3) is 10.0 Å². The summed E-state index contributed by atoms with van der Waals surface area (Å²) in [6.45, 7) is 2.16. The van der Waals surface area contributed by atoms with Gasteiger partial charge in [-0.15, -0.1) is 0 Å². The summed E-state index contributed by atoms with van der Waals surface area (Å²) >= 11 is 0. The van der Waals surface area contributed by atoms with E-state index >= 15 is 0 Å². The maximum atomic E-state index is 13.7. The van der Waals surface area contributed by atoms with Crippen molar-refractivity contribution in [2.45, 2.75) is 18.2 Å². The van der Waals surface area contributed by atoms with Gasteiger partial charge in [0.2, 0.25) is 0 Å². The number of benzene rings is 3. The van der Waals surface area contributed by atoms with Crippen LogP contribution < -0.4 is 14.9 Å². The summed E-state index contributed by atoms with van der Waals surface area (Å²) in [5.74, 6) is -1.47. The fraction of sp³-hybridized carbons (Fsp3) is 0.136. The molecule has 160 valence electrons. The molecule has 1 heterocycles. The van der Waals surface area contributed by atoms with E-state index in [4.69, 9.17) is 0 Å². The zero-order valence-corrected chi connectivity index (χ0v) is 17.3. The number of anilines is 3. The van der Waals surface area contributed by atoms with Gasteiger partial charge in [0.05, 0.1) is 16.3 Å². The number of fused-ring (bicyclic) bond motifs is 1. The molecule has 31 heavy (non-hydrogen) atoms. The highest BCUT2D eigenvalue weighted by molar-refractivity contribution is 7.92. The summed E-state index contributed by atoms with van der Waals surface area (Å²) in [4.78, 5) is 12.4. The minimum Gasteiger partial charge on any atom is -0.308 e. The minimum absolute atomic E-state index is 0.184. The van der Waals surface area contributed by atoms with Gasteiger partial charge in [-0.05, 0) is 55.3 Å². The zero-order chi connectivity index (χ0) is 22.2. The molecule has 0 atom stereocenters. The van der Waals surface area contributed by atoms with E-state index in [2.05, 4.69) is 10.6 Å². The summed E-state index contributed by atoms with van der Waals surface area (Å²) in [7, 11) is -3.76. The molecule has 0 aromatic heterocycles. The van der Waals surface area contributed by atoms with Crippen molar-refractivity contribution in [2.75, 3.05) is 21.5 Å². The number of nitrogens with one attached hydrogen (secondary N) is 2. The van der Waals surface area contributed by atoms with Crippen molar-refractivity contribution in [3.63, 3.8) is 0 Å². The third kappa shape index (κ3) is 4.22. The molecule has 2 amide bonds. The third-order valence-electron chi connectivity index (χ3n) is 4.98. The van der Waals surface area contributed by atoms with Crippen LogP contribution in [0.1, 0.15) is 11.1 Å². The number of aryl methyl sites for hydroxylation is 1. The monoisotopic (exact) mass is 443 g/mol. The standard InChI is InChI=1S/C22H19F2N3O3S/c1-14-2-7-18(8-3-14)31(29,30)27-11-10-15-4-6-17(13-21(15)27)25-22(28)26-20-12-16(23)5-9-19(20)24/h2-9,12-13H,10-11H2,1H3,(H2,25,26,28). The summed E-state index contributed by atoms with van der Waals surface area (Å²) in [5.41, 5.74) is 2.27. The van der Waals surface area contributed by atoms with Crippen molar-refractivity contribution in [1.29, 1.82) is 0 Å². The first kappa shape index (κ1) is 20.8. The lowest BCUT2D eigenvalue weighted by Gasteiger charge is -2.20. The maximum Gasteiger partial charge on any atom is 0.323 e. The van der Waals surface area contributed by atoms with Gasteiger partial charge in [-0.1, -0.05) is 23.8 Å². The minimum atomic E-state index is -3.76. The van der Waals surface area contributed by atoms with E-state index in [1.165, 1.54) is 4.31 Å². The van der Waals surface area contributed by atoms with E-state index in [1.54, 1.807) is 42.5 Å². The molecule has 1 aliphatic heterocycles. The number of carbonyl (C=O) groups excluding carboxylic acids is 1. The topological polar surface area (TPSA) is 78.5 Å². The molecule has 2 N–H and O–H groups in total. The third-order valence-corrected chi connectivity index (χ3v) is 6.81. The van der Waals surface area contributed by atoms with E-state index in [-0.39, 0.29) is 17.1 Å². The normalized spacial score (nSPS) is 13.1. The van der Waals surface area contributed by atoms with Crippen molar-refractivity contribution in [3.05, 3.63) is 83.4 Å². The van der Waals surface area contributed by atoms with Crippen molar-refractivity contribution in [1.82, 2.24) is 0 Å². The lowest BCUT2D eigenvalue weighted by Crippen LogP contribution is -2.29. The van der Waals surface area contributed by atoms with E-state index < -0.39 is 27.7 Å². The van der Waals surface area contributed by atoms with Gasteiger partial charge in [-0.25, -0.2) is 22.0 Å². The lowest BCUT2D eigenvalue weighted by molar-refractivity contribution is 0.262. The van der Waals surface area contributed by atoms with Crippen LogP contribution in [0.15, 0.2) is 65.6 Å². The van der Waals surface area contributed by atoms with Gasteiger partial charge < -0.3 is 10.6 Å². The van der Waals surface area contributed by atoms with Gasteiger partial charge in [0, 0.05) is 18.3 Å². The summed E-state index contributed by atoms with van der Waals surface area (Å²) in [5, 5.41) is 4.77. The Hall–Kier alpha value is -3.46. The Morgan fingerprint density at radius 1 is 0.968 bits per heavy atom. The first-order valence-electron chi connectivity index (χ1n) is 9.49. The van der Waals surface area contributed by atoms with E-state index in [9.17, 15) is 22.0 Å². The average Bonchev–Trinajstić information content (AvgIpc) is 3.15. The molecule has 9 heteroatoms. The molecule has 0 bridgehead atoms. The predicted molar refractivity (Wildman–Crippen MR) is 115 cm³/mol. The van der Waals surface area contributed by atoms with Gasteiger partial charge in [-0.3, -0.25) is 4.31 Å². The molecule has 1 aliphatic rings. The molecule has 0 saturated carbocycles. The van der Waals surface area contributed by atoms with E-state index in [0.717, 1.165) is 29.3 Å². The molecule has 0 radical (unpaired) electrons. The second kappa shape index (κ2) is 7.99. The molecule has 0 spiro atoms. The number of hydrogen-bond donors (Lipinski definition) is 2. The van der Waals surface area contributed by atoms with Crippen LogP contribution in [0.4, 0.5) is 30.6 Å². The second-order valence-corrected chi connectivity index (χ2v) is 9.05. The molecule has 0 unspecified atom stereocenters. The van der Waals surface area contributed by atoms with Crippen LogP contribution in [-0.4, -0.2) is 21.0 Å². The Kier molecular flexibility index (Phi) is 5.36. The number of rotatable bonds is 4. The summed E-state index contributed by atoms with van der Waals surface area (Å²) < 4.78 is 54.5. The Labute approximate surface area is 178 Å². The number of amides is 2. The first-order chi connectivity index (χ1) is 14.7. The molecule has 6 nitrogen and oxygen atoms in total. The second-order valence-electron chi connectivity index (χ2n) is 7.19. The Morgan fingerprint density at radius 2 is 1.71 bits per heavy atom. The van der Waals surface area contributed by atoms with Gasteiger partial charge in [0.15, 0.2) is 0 Å². The largest absolute Gasteiger partial charge is 0.323 e.